The summed E-state index contributed by atoms with van der Waals surface area (Å²) < 4.78 is 5.76. The Labute approximate surface area is 126 Å². The lowest BCUT2D eigenvalue weighted by atomic mass is 10.0. The summed E-state index contributed by atoms with van der Waals surface area (Å²) >= 11 is 5.99. The van der Waals surface area contributed by atoms with Gasteiger partial charge in [-0.25, -0.2) is 0 Å². The Morgan fingerprint density at radius 2 is 2.10 bits per heavy atom. The third-order valence-electron chi connectivity index (χ3n) is 3.89. The molecule has 2 rings (SSSR count). The molecule has 1 N–H and O–H groups in total. The summed E-state index contributed by atoms with van der Waals surface area (Å²) in [6.45, 7) is 6.15. The van der Waals surface area contributed by atoms with Gasteiger partial charge in [-0.1, -0.05) is 17.7 Å². The van der Waals surface area contributed by atoms with Crippen molar-refractivity contribution in [3.63, 3.8) is 0 Å². The number of aryl methyl sites for hydroxylation is 1. The van der Waals surface area contributed by atoms with Crippen molar-refractivity contribution in [3.05, 3.63) is 34.3 Å². The minimum Gasteiger partial charge on any atom is -0.396 e. The molecule has 1 fully saturated rings. The maximum Gasteiger partial charge on any atom is 0.0599 e. The van der Waals surface area contributed by atoms with Gasteiger partial charge >= 0.3 is 0 Å². The first-order chi connectivity index (χ1) is 9.69. The highest BCUT2D eigenvalue weighted by Gasteiger charge is 2.19. The van der Waals surface area contributed by atoms with Gasteiger partial charge in [0.2, 0.25) is 0 Å². The number of benzene rings is 1. The fraction of sp³-hybridized carbons (Fsp3) is 0.625. The maximum absolute atomic E-state index is 8.75. The predicted octanol–water partition coefficient (Wildman–Crippen LogP) is 3.01. The zero-order chi connectivity index (χ0) is 14.4. The van der Waals surface area contributed by atoms with Gasteiger partial charge in [0.25, 0.3) is 0 Å². The van der Waals surface area contributed by atoms with Crippen molar-refractivity contribution >= 4 is 11.6 Å². The topological polar surface area (TPSA) is 32.7 Å². The Kier molecular flexibility index (Phi) is 6.30. The molecule has 1 aliphatic rings. The molecule has 3 nitrogen and oxygen atoms in total. The van der Waals surface area contributed by atoms with Crippen LogP contribution in [0.5, 0.6) is 0 Å². The third kappa shape index (κ3) is 4.74. The molecule has 1 aliphatic heterocycles. The van der Waals surface area contributed by atoms with E-state index in [2.05, 4.69) is 17.9 Å². The van der Waals surface area contributed by atoms with Crippen LogP contribution in [0.15, 0.2) is 18.2 Å². The van der Waals surface area contributed by atoms with E-state index in [4.69, 9.17) is 21.4 Å². The molecule has 0 aromatic heterocycles. The van der Waals surface area contributed by atoms with E-state index in [0.717, 1.165) is 43.9 Å². The first-order valence-corrected chi connectivity index (χ1v) is 7.76. The number of hydrogen-bond donors (Lipinski definition) is 1. The quantitative estimate of drug-likeness (QED) is 0.819. The van der Waals surface area contributed by atoms with E-state index in [9.17, 15) is 0 Å². The molecule has 1 heterocycles. The van der Waals surface area contributed by atoms with Crippen molar-refractivity contribution in [3.8, 4) is 0 Å². The van der Waals surface area contributed by atoms with Crippen LogP contribution in [0.3, 0.4) is 0 Å². The Balaban J connectivity index is 1.76. The van der Waals surface area contributed by atoms with Crippen molar-refractivity contribution in [2.75, 3.05) is 26.3 Å². The maximum atomic E-state index is 8.75. The molecule has 0 aliphatic carbocycles. The molecule has 0 radical (unpaired) electrons. The molecule has 112 valence electrons. The van der Waals surface area contributed by atoms with E-state index in [1.807, 2.05) is 12.1 Å². The van der Waals surface area contributed by atoms with E-state index in [0.29, 0.717) is 12.7 Å². The summed E-state index contributed by atoms with van der Waals surface area (Å²) in [6, 6.07) is 6.12. The molecule has 0 atom stereocenters. The predicted molar refractivity (Wildman–Crippen MR) is 82.1 cm³/mol. The average molecular weight is 298 g/mol. The summed E-state index contributed by atoms with van der Waals surface area (Å²) in [5.41, 5.74) is 2.62. The Morgan fingerprint density at radius 1 is 1.35 bits per heavy atom. The number of likely N-dealkylation sites (tertiary alicyclic amines) is 1. The van der Waals surface area contributed by atoms with E-state index in [-0.39, 0.29) is 6.61 Å². The van der Waals surface area contributed by atoms with E-state index in [1.165, 1.54) is 11.1 Å². The molecule has 1 aromatic rings. The van der Waals surface area contributed by atoms with Gasteiger partial charge in [0.15, 0.2) is 0 Å². The van der Waals surface area contributed by atoms with Crippen LogP contribution in [0.25, 0.3) is 0 Å². The molecule has 20 heavy (non-hydrogen) atoms. The zero-order valence-corrected chi connectivity index (χ0v) is 12.9. The van der Waals surface area contributed by atoms with Gasteiger partial charge in [-0.2, -0.15) is 0 Å². The average Bonchev–Trinajstić information content (AvgIpc) is 2.44. The summed E-state index contributed by atoms with van der Waals surface area (Å²) in [5.74, 6) is 0. The third-order valence-corrected chi connectivity index (χ3v) is 4.12. The van der Waals surface area contributed by atoms with Gasteiger partial charge < -0.3 is 9.84 Å². The van der Waals surface area contributed by atoms with Gasteiger partial charge in [0.1, 0.15) is 0 Å². The van der Waals surface area contributed by atoms with Gasteiger partial charge in [-0.05, 0) is 49.4 Å². The molecular weight excluding hydrogens is 274 g/mol. The van der Waals surface area contributed by atoms with Gasteiger partial charge in [0.05, 0.1) is 6.10 Å². The first kappa shape index (κ1) is 15.8. The molecule has 4 heteroatoms. The standard InChI is InChI=1S/C16H24ClNO2/c1-13-11-15(17)4-3-14(13)12-18-7-5-16(6-8-18)20-10-2-9-19/h3-4,11,16,19H,2,5-10,12H2,1H3. The molecule has 0 unspecified atom stereocenters. The molecule has 0 bridgehead atoms. The summed E-state index contributed by atoms with van der Waals surface area (Å²) in [6.07, 6.45) is 3.27. The normalized spacial score (nSPS) is 17.6. The van der Waals surface area contributed by atoms with Crippen LogP contribution in [0.4, 0.5) is 0 Å². The lowest BCUT2D eigenvalue weighted by Gasteiger charge is -2.32. The summed E-state index contributed by atoms with van der Waals surface area (Å²) in [4.78, 5) is 2.47. The molecular formula is C16H24ClNO2. The van der Waals surface area contributed by atoms with Crippen molar-refractivity contribution in [1.82, 2.24) is 4.90 Å². The number of hydrogen-bond acceptors (Lipinski definition) is 3. The number of aliphatic hydroxyl groups is 1. The lowest BCUT2D eigenvalue weighted by molar-refractivity contribution is 0.000760. The van der Waals surface area contributed by atoms with Crippen LogP contribution in [0.2, 0.25) is 5.02 Å². The highest BCUT2D eigenvalue weighted by Crippen LogP contribution is 2.20. The van der Waals surface area contributed by atoms with Crippen LogP contribution < -0.4 is 0 Å². The van der Waals surface area contributed by atoms with E-state index >= 15 is 0 Å². The number of rotatable bonds is 6. The molecule has 0 saturated carbocycles. The van der Waals surface area contributed by atoms with Crippen LogP contribution in [0, 0.1) is 6.92 Å². The number of nitrogens with zero attached hydrogens (tertiary/aromatic N) is 1. The summed E-state index contributed by atoms with van der Waals surface area (Å²) in [7, 11) is 0. The summed E-state index contributed by atoms with van der Waals surface area (Å²) in [5, 5.41) is 9.56. The van der Waals surface area contributed by atoms with Crippen molar-refractivity contribution in [2.24, 2.45) is 0 Å². The van der Waals surface area contributed by atoms with E-state index in [1.54, 1.807) is 0 Å². The Morgan fingerprint density at radius 3 is 2.75 bits per heavy atom. The van der Waals surface area contributed by atoms with Crippen molar-refractivity contribution in [1.29, 1.82) is 0 Å². The van der Waals surface area contributed by atoms with Crippen LogP contribution in [-0.2, 0) is 11.3 Å². The minimum absolute atomic E-state index is 0.217. The fourth-order valence-corrected chi connectivity index (χ4v) is 2.85. The highest BCUT2D eigenvalue weighted by atomic mass is 35.5. The van der Waals surface area contributed by atoms with Crippen LogP contribution in [-0.4, -0.2) is 42.4 Å². The second kappa shape index (κ2) is 7.99. The highest BCUT2D eigenvalue weighted by molar-refractivity contribution is 6.30. The Bertz CT molecular complexity index is 417. The Hall–Kier alpha value is -0.610. The number of ether oxygens (including phenoxy) is 1. The molecule has 1 saturated heterocycles. The monoisotopic (exact) mass is 297 g/mol. The van der Waals surface area contributed by atoms with Crippen molar-refractivity contribution < 1.29 is 9.84 Å². The SMILES string of the molecule is Cc1cc(Cl)ccc1CN1CCC(OCCCO)CC1. The molecule has 0 spiro atoms. The van der Waals surface area contributed by atoms with Gasteiger partial charge in [-0.3, -0.25) is 4.90 Å². The minimum atomic E-state index is 0.217. The number of halogens is 1. The fourth-order valence-electron chi connectivity index (χ4n) is 2.63. The second-order valence-electron chi connectivity index (χ2n) is 5.49. The number of piperidine rings is 1. The smallest absolute Gasteiger partial charge is 0.0599 e. The van der Waals surface area contributed by atoms with Gasteiger partial charge in [-0.15, -0.1) is 0 Å². The van der Waals surface area contributed by atoms with Crippen LogP contribution >= 0.6 is 11.6 Å². The van der Waals surface area contributed by atoms with Gasteiger partial charge in [0, 0.05) is 37.9 Å². The van der Waals surface area contributed by atoms with E-state index < -0.39 is 0 Å². The second-order valence-corrected chi connectivity index (χ2v) is 5.93. The largest absolute Gasteiger partial charge is 0.396 e. The van der Waals surface area contributed by atoms with Crippen LogP contribution in [0.1, 0.15) is 30.4 Å². The lowest BCUT2D eigenvalue weighted by Crippen LogP contribution is -2.36. The number of aliphatic hydroxyl groups excluding tert-OH is 1. The first-order valence-electron chi connectivity index (χ1n) is 7.39. The molecule has 0 amide bonds. The molecule has 1 aromatic carbocycles. The van der Waals surface area contributed by atoms with Crippen molar-refractivity contribution in [2.45, 2.75) is 38.8 Å². The zero-order valence-electron chi connectivity index (χ0n) is 12.1.